The maximum Gasteiger partial charge on any atom is 0.226 e. The van der Waals surface area contributed by atoms with Gasteiger partial charge in [0.2, 0.25) is 5.89 Å². The van der Waals surface area contributed by atoms with Gasteiger partial charge in [-0.05, 0) is 24.6 Å². The van der Waals surface area contributed by atoms with Crippen molar-refractivity contribution in [1.29, 1.82) is 0 Å². The number of nitrogens with two attached hydrogens (primary N) is 1. The van der Waals surface area contributed by atoms with Crippen molar-refractivity contribution in [2.24, 2.45) is 0 Å². The number of benzene rings is 1. The summed E-state index contributed by atoms with van der Waals surface area (Å²) >= 11 is 0. The van der Waals surface area contributed by atoms with Crippen LogP contribution in [0.2, 0.25) is 0 Å². The summed E-state index contributed by atoms with van der Waals surface area (Å²) < 4.78 is 5.19. The fourth-order valence-electron chi connectivity index (χ4n) is 1.24. The highest BCUT2D eigenvalue weighted by Crippen LogP contribution is 2.24. The van der Waals surface area contributed by atoms with Gasteiger partial charge in [-0.1, -0.05) is 6.07 Å². The van der Waals surface area contributed by atoms with Crippen molar-refractivity contribution in [1.82, 2.24) is 4.98 Å². The van der Waals surface area contributed by atoms with Crippen LogP contribution in [0.1, 0.15) is 5.56 Å². The number of hydrogen-bond acceptors (Lipinski definition) is 3. The number of anilines is 1. The van der Waals surface area contributed by atoms with Crippen molar-refractivity contribution in [2.75, 3.05) is 5.73 Å². The Balaban J connectivity index is 0.000000980. The summed E-state index contributed by atoms with van der Waals surface area (Å²) in [4.78, 5) is 4.07. The van der Waals surface area contributed by atoms with Gasteiger partial charge < -0.3 is 10.2 Å². The number of hydrogen-bond donors (Lipinski definition) is 1. The fraction of sp³-hybridized carbons (Fsp3) is 0.100. The van der Waals surface area contributed by atoms with E-state index >= 15 is 0 Å². The van der Waals surface area contributed by atoms with E-state index in [-0.39, 0.29) is 24.8 Å². The van der Waals surface area contributed by atoms with Crippen LogP contribution in [-0.2, 0) is 0 Å². The van der Waals surface area contributed by atoms with E-state index in [0.717, 1.165) is 16.8 Å². The molecular weight excluding hydrogens is 235 g/mol. The highest BCUT2D eigenvalue weighted by Gasteiger charge is 2.06. The largest absolute Gasteiger partial charge is 0.445 e. The van der Waals surface area contributed by atoms with Gasteiger partial charge in [0.15, 0.2) is 0 Å². The molecule has 1 aromatic heterocycles. The van der Waals surface area contributed by atoms with E-state index in [4.69, 9.17) is 10.2 Å². The molecule has 0 radical (unpaired) electrons. The van der Waals surface area contributed by atoms with Gasteiger partial charge in [0, 0.05) is 11.3 Å². The summed E-state index contributed by atoms with van der Waals surface area (Å²) in [7, 11) is 0. The minimum atomic E-state index is 0. The maximum absolute atomic E-state index is 5.76. The molecule has 5 heteroatoms. The molecule has 0 saturated heterocycles. The Bertz CT molecular complexity index is 415. The van der Waals surface area contributed by atoms with E-state index in [9.17, 15) is 0 Å². The van der Waals surface area contributed by atoms with Crippen LogP contribution in [0.4, 0.5) is 5.69 Å². The van der Waals surface area contributed by atoms with Gasteiger partial charge in [-0.15, -0.1) is 24.8 Å². The molecule has 2 rings (SSSR count). The van der Waals surface area contributed by atoms with E-state index in [1.54, 1.807) is 12.5 Å². The molecule has 0 saturated carbocycles. The monoisotopic (exact) mass is 246 g/mol. The Hall–Kier alpha value is -1.19. The minimum Gasteiger partial charge on any atom is -0.445 e. The predicted octanol–water partition coefficient (Wildman–Crippen LogP) is 3.08. The molecule has 0 aliphatic carbocycles. The first kappa shape index (κ1) is 13.8. The molecule has 15 heavy (non-hydrogen) atoms. The van der Waals surface area contributed by atoms with Crippen molar-refractivity contribution in [2.45, 2.75) is 6.92 Å². The van der Waals surface area contributed by atoms with Gasteiger partial charge in [-0.25, -0.2) is 4.98 Å². The van der Waals surface area contributed by atoms with Crippen molar-refractivity contribution in [3.8, 4) is 11.5 Å². The highest BCUT2D eigenvalue weighted by atomic mass is 35.5. The van der Waals surface area contributed by atoms with Crippen LogP contribution in [0.5, 0.6) is 0 Å². The molecule has 1 heterocycles. The molecular formula is C10H12Cl2N2O. The van der Waals surface area contributed by atoms with E-state index < -0.39 is 0 Å². The van der Waals surface area contributed by atoms with E-state index in [0.29, 0.717) is 5.89 Å². The Morgan fingerprint density at radius 3 is 2.60 bits per heavy atom. The van der Waals surface area contributed by atoms with Crippen molar-refractivity contribution < 1.29 is 4.42 Å². The first-order valence-electron chi connectivity index (χ1n) is 4.04. The van der Waals surface area contributed by atoms with Crippen LogP contribution in [0, 0.1) is 6.92 Å². The molecule has 0 bridgehead atoms. The summed E-state index contributed by atoms with van der Waals surface area (Å²) in [6.45, 7) is 1.95. The Morgan fingerprint density at radius 1 is 1.27 bits per heavy atom. The zero-order valence-corrected chi connectivity index (χ0v) is 9.77. The average molecular weight is 247 g/mol. The summed E-state index contributed by atoms with van der Waals surface area (Å²) in [6, 6.07) is 5.70. The number of nitrogen functional groups attached to an aromatic ring is 1. The molecule has 0 aliphatic rings. The van der Waals surface area contributed by atoms with Crippen molar-refractivity contribution in [3.05, 3.63) is 36.2 Å². The second-order valence-corrected chi connectivity index (χ2v) is 2.86. The quantitative estimate of drug-likeness (QED) is 0.788. The lowest BCUT2D eigenvalue weighted by molar-refractivity contribution is 0.574. The van der Waals surface area contributed by atoms with Crippen molar-refractivity contribution >= 4 is 30.5 Å². The topological polar surface area (TPSA) is 52.0 Å². The average Bonchev–Trinajstić information content (AvgIpc) is 2.62. The lowest BCUT2D eigenvalue weighted by Crippen LogP contribution is -1.91. The number of halogens is 2. The summed E-state index contributed by atoms with van der Waals surface area (Å²) in [5.74, 6) is 0.616. The molecule has 1 aromatic carbocycles. The van der Waals surface area contributed by atoms with Crippen LogP contribution in [-0.4, -0.2) is 4.98 Å². The minimum absolute atomic E-state index is 0. The van der Waals surface area contributed by atoms with Crippen LogP contribution < -0.4 is 5.73 Å². The summed E-state index contributed by atoms with van der Waals surface area (Å²) in [6.07, 6.45) is 3.18. The number of oxazole rings is 1. The predicted molar refractivity (Wildman–Crippen MR) is 65.6 cm³/mol. The van der Waals surface area contributed by atoms with Crippen LogP contribution in [0.3, 0.4) is 0 Å². The third kappa shape index (κ3) is 2.64. The summed E-state index contributed by atoms with van der Waals surface area (Å²) in [5.41, 5.74) is 8.47. The molecule has 3 nitrogen and oxygen atoms in total. The molecule has 0 atom stereocenters. The fourth-order valence-corrected chi connectivity index (χ4v) is 1.24. The van der Waals surface area contributed by atoms with Gasteiger partial charge in [0.1, 0.15) is 6.26 Å². The van der Waals surface area contributed by atoms with Gasteiger partial charge in [0.05, 0.1) is 6.20 Å². The van der Waals surface area contributed by atoms with Gasteiger partial charge in [-0.2, -0.15) is 0 Å². The van der Waals surface area contributed by atoms with Gasteiger partial charge in [0.25, 0.3) is 0 Å². The Kier molecular flexibility index (Phi) is 5.19. The van der Waals surface area contributed by atoms with E-state index in [1.807, 2.05) is 25.1 Å². The molecule has 0 aliphatic heterocycles. The molecule has 0 amide bonds. The van der Waals surface area contributed by atoms with Crippen LogP contribution >= 0.6 is 24.8 Å². The third-order valence-corrected chi connectivity index (χ3v) is 2.04. The van der Waals surface area contributed by atoms with E-state index in [2.05, 4.69) is 4.98 Å². The molecule has 82 valence electrons. The highest BCUT2D eigenvalue weighted by molar-refractivity contribution is 5.85. The first-order valence-corrected chi connectivity index (χ1v) is 4.04. The second kappa shape index (κ2) is 5.63. The SMILES string of the molecule is Cc1c(N)cccc1-c1ncco1.Cl.Cl. The van der Waals surface area contributed by atoms with Crippen molar-refractivity contribution in [3.63, 3.8) is 0 Å². The van der Waals surface area contributed by atoms with E-state index in [1.165, 1.54) is 0 Å². The smallest absolute Gasteiger partial charge is 0.226 e. The standard InChI is InChI=1S/C10H10N2O.2ClH/c1-7-8(3-2-4-9(7)11)10-12-5-6-13-10;;/h2-6H,11H2,1H3;2*1H. The maximum atomic E-state index is 5.76. The Labute approximate surface area is 101 Å². The number of aromatic nitrogens is 1. The molecule has 2 N–H and O–H groups in total. The number of rotatable bonds is 1. The van der Waals surface area contributed by atoms with Crippen LogP contribution in [0.15, 0.2) is 35.1 Å². The molecule has 0 unspecified atom stereocenters. The zero-order chi connectivity index (χ0) is 9.26. The third-order valence-electron chi connectivity index (χ3n) is 2.04. The normalized spacial score (nSPS) is 8.87. The Morgan fingerprint density at radius 2 is 2.00 bits per heavy atom. The number of nitrogens with zero attached hydrogens (tertiary/aromatic N) is 1. The zero-order valence-electron chi connectivity index (χ0n) is 8.14. The van der Waals surface area contributed by atoms with Gasteiger partial charge >= 0.3 is 0 Å². The summed E-state index contributed by atoms with van der Waals surface area (Å²) in [5, 5.41) is 0. The lowest BCUT2D eigenvalue weighted by atomic mass is 10.1. The molecule has 2 aromatic rings. The second-order valence-electron chi connectivity index (χ2n) is 2.86. The molecule has 0 fully saturated rings. The first-order chi connectivity index (χ1) is 6.29. The van der Waals surface area contributed by atoms with Gasteiger partial charge in [-0.3, -0.25) is 0 Å². The lowest BCUT2D eigenvalue weighted by Gasteiger charge is -2.03. The van der Waals surface area contributed by atoms with Crippen LogP contribution in [0.25, 0.3) is 11.5 Å². The molecule has 0 spiro atoms.